The minimum Gasteiger partial charge on any atom is -0.493 e. The van der Waals surface area contributed by atoms with Gasteiger partial charge in [0.1, 0.15) is 5.75 Å². The van der Waals surface area contributed by atoms with Crippen molar-refractivity contribution >= 4 is 40.5 Å². The van der Waals surface area contributed by atoms with Gasteiger partial charge in [-0.2, -0.15) is 0 Å². The number of hydrogen-bond acceptors (Lipinski definition) is 4. The minimum atomic E-state index is -0.349. The second-order valence-electron chi connectivity index (χ2n) is 8.31. The number of ether oxygens (including phenoxy) is 1. The Morgan fingerprint density at radius 3 is 2.08 bits per heavy atom. The van der Waals surface area contributed by atoms with Crippen molar-refractivity contribution in [1.29, 1.82) is 0 Å². The van der Waals surface area contributed by atoms with Crippen LogP contribution in [0.3, 0.4) is 0 Å². The summed E-state index contributed by atoms with van der Waals surface area (Å²) < 4.78 is 5.82. The Morgan fingerprint density at radius 1 is 0.703 bits per heavy atom. The highest BCUT2D eigenvalue weighted by atomic mass is 32.1. The van der Waals surface area contributed by atoms with Gasteiger partial charge in [-0.25, -0.2) is 0 Å². The standard InChI is InChI=1S/C30H27N3O3S/c34-28(19-23-11-5-2-6-12-23)31-25-14-8-15-26(21-25)32-30(37)33-29(35)24-13-7-16-27(20-24)36-18-17-22-9-3-1-4-10-22/h1-16,20-21H,17-19H2,(H,31,34)(H2,32,33,35,37). The van der Waals surface area contributed by atoms with Crippen molar-refractivity contribution in [1.82, 2.24) is 5.32 Å². The fourth-order valence-electron chi connectivity index (χ4n) is 3.66. The van der Waals surface area contributed by atoms with Crippen molar-refractivity contribution in [3.63, 3.8) is 0 Å². The molecule has 0 bridgehead atoms. The average molecular weight is 510 g/mol. The van der Waals surface area contributed by atoms with Gasteiger partial charge in [0.05, 0.1) is 13.0 Å². The van der Waals surface area contributed by atoms with Crippen LogP contribution in [0.5, 0.6) is 5.75 Å². The van der Waals surface area contributed by atoms with Crippen LogP contribution in [0.15, 0.2) is 109 Å². The number of rotatable bonds is 9. The molecule has 6 nitrogen and oxygen atoms in total. The Morgan fingerprint density at radius 2 is 1.35 bits per heavy atom. The minimum absolute atomic E-state index is 0.120. The van der Waals surface area contributed by atoms with Crippen LogP contribution in [-0.4, -0.2) is 23.5 Å². The van der Waals surface area contributed by atoms with Crippen molar-refractivity contribution in [2.45, 2.75) is 12.8 Å². The molecule has 4 aromatic rings. The van der Waals surface area contributed by atoms with Gasteiger partial charge in [-0.15, -0.1) is 0 Å². The Bertz CT molecular complexity index is 1360. The highest BCUT2D eigenvalue weighted by Crippen LogP contribution is 2.17. The summed E-state index contributed by atoms with van der Waals surface area (Å²) in [6.45, 7) is 0.507. The Hall–Kier alpha value is -4.49. The zero-order valence-corrected chi connectivity index (χ0v) is 21.0. The van der Waals surface area contributed by atoms with Gasteiger partial charge >= 0.3 is 0 Å². The Kier molecular flexibility index (Phi) is 8.99. The molecule has 0 aliphatic rings. The van der Waals surface area contributed by atoms with Gasteiger partial charge in [-0.05, 0) is 59.7 Å². The normalized spacial score (nSPS) is 10.3. The molecule has 7 heteroatoms. The number of anilines is 2. The van der Waals surface area contributed by atoms with Crippen LogP contribution in [0.25, 0.3) is 0 Å². The van der Waals surface area contributed by atoms with E-state index in [9.17, 15) is 9.59 Å². The predicted molar refractivity (Wildman–Crippen MR) is 151 cm³/mol. The van der Waals surface area contributed by atoms with E-state index >= 15 is 0 Å². The molecule has 4 aromatic carbocycles. The Labute approximate surface area is 221 Å². The number of amides is 2. The molecule has 0 radical (unpaired) electrons. The van der Waals surface area contributed by atoms with E-state index in [-0.39, 0.29) is 23.3 Å². The van der Waals surface area contributed by atoms with Gasteiger partial charge in [0.2, 0.25) is 5.91 Å². The van der Waals surface area contributed by atoms with Crippen LogP contribution in [0.2, 0.25) is 0 Å². The summed E-state index contributed by atoms with van der Waals surface area (Å²) in [5.74, 6) is 0.143. The molecule has 0 saturated heterocycles. The maximum Gasteiger partial charge on any atom is 0.257 e. The first-order valence-electron chi connectivity index (χ1n) is 11.9. The summed E-state index contributed by atoms with van der Waals surface area (Å²) in [7, 11) is 0. The maximum absolute atomic E-state index is 12.7. The van der Waals surface area contributed by atoms with E-state index in [1.165, 1.54) is 5.56 Å². The second-order valence-corrected chi connectivity index (χ2v) is 8.72. The average Bonchev–Trinajstić information content (AvgIpc) is 2.90. The van der Waals surface area contributed by atoms with Crippen LogP contribution < -0.4 is 20.7 Å². The van der Waals surface area contributed by atoms with E-state index in [4.69, 9.17) is 17.0 Å². The van der Waals surface area contributed by atoms with E-state index in [1.54, 1.807) is 42.5 Å². The lowest BCUT2D eigenvalue weighted by atomic mass is 10.1. The number of benzene rings is 4. The lowest BCUT2D eigenvalue weighted by Crippen LogP contribution is -2.34. The molecule has 0 unspecified atom stereocenters. The first-order chi connectivity index (χ1) is 18.0. The monoisotopic (exact) mass is 509 g/mol. The van der Waals surface area contributed by atoms with Gasteiger partial charge in [0, 0.05) is 23.4 Å². The highest BCUT2D eigenvalue weighted by Gasteiger charge is 2.10. The zero-order chi connectivity index (χ0) is 25.9. The molecule has 37 heavy (non-hydrogen) atoms. The third kappa shape index (κ3) is 8.30. The molecule has 0 atom stereocenters. The van der Waals surface area contributed by atoms with Crippen molar-refractivity contribution in [2.75, 3.05) is 17.2 Å². The number of nitrogens with one attached hydrogen (secondary N) is 3. The molecular weight excluding hydrogens is 482 g/mol. The molecular formula is C30H27N3O3S. The van der Waals surface area contributed by atoms with Crippen LogP contribution in [-0.2, 0) is 17.6 Å². The quantitative estimate of drug-likeness (QED) is 0.255. The number of carbonyl (C=O) groups is 2. The molecule has 3 N–H and O–H groups in total. The summed E-state index contributed by atoms with van der Waals surface area (Å²) in [5, 5.41) is 8.70. The first-order valence-corrected chi connectivity index (χ1v) is 12.3. The molecule has 0 heterocycles. The first kappa shape index (κ1) is 25.6. The Balaban J connectivity index is 1.27. The third-order valence-electron chi connectivity index (χ3n) is 5.44. The molecule has 2 amide bonds. The second kappa shape index (κ2) is 13.0. The van der Waals surface area contributed by atoms with Crippen LogP contribution in [0.1, 0.15) is 21.5 Å². The maximum atomic E-state index is 12.7. The fraction of sp³-hybridized carbons (Fsp3) is 0.100. The topological polar surface area (TPSA) is 79.5 Å². The number of thiocarbonyl (C=S) groups is 1. The van der Waals surface area contributed by atoms with Crippen molar-refractivity contribution in [2.24, 2.45) is 0 Å². The molecule has 186 valence electrons. The SMILES string of the molecule is O=C(Cc1ccccc1)Nc1cccc(NC(=S)NC(=O)c2cccc(OCCc3ccccc3)c2)c1. The van der Waals surface area contributed by atoms with Gasteiger partial charge in [-0.3, -0.25) is 14.9 Å². The van der Waals surface area contributed by atoms with E-state index in [0.717, 1.165) is 12.0 Å². The molecule has 0 aromatic heterocycles. The third-order valence-corrected chi connectivity index (χ3v) is 5.64. The van der Waals surface area contributed by atoms with Crippen molar-refractivity contribution in [3.8, 4) is 5.75 Å². The molecule has 4 rings (SSSR count). The molecule has 0 aliphatic heterocycles. The molecule has 0 spiro atoms. The molecule has 0 fully saturated rings. The fourth-order valence-corrected chi connectivity index (χ4v) is 3.87. The van der Waals surface area contributed by atoms with Gasteiger partial charge in [-0.1, -0.05) is 72.8 Å². The zero-order valence-electron chi connectivity index (χ0n) is 20.1. The smallest absolute Gasteiger partial charge is 0.257 e. The van der Waals surface area contributed by atoms with Crippen molar-refractivity contribution < 1.29 is 14.3 Å². The number of carbonyl (C=O) groups excluding carboxylic acids is 2. The van der Waals surface area contributed by atoms with Gasteiger partial charge < -0.3 is 15.4 Å². The van der Waals surface area contributed by atoms with Crippen LogP contribution in [0.4, 0.5) is 11.4 Å². The van der Waals surface area contributed by atoms with Crippen LogP contribution >= 0.6 is 12.2 Å². The summed E-state index contributed by atoms with van der Waals surface area (Å²) >= 11 is 5.33. The van der Waals surface area contributed by atoms with E-state index < -0.39 is 0 Å². The molecule has 0 saturated carbocycles. The predicted octanol–water partition coefficient (Wildman–Crippen LogP) is 5.62. The van der Waals surface area contributed by atoms with Crippen molar-refractivity contribution in [3.05, 3.63) is 126 Å². The highest BCUT2D eigenvalue weighted by molar-refractivity contribution is 7.80. The van der Waals surface area contributed by atoms with Gasteiger partial charge in [0.25, 0.3) is 5.91 Å². The summed E-state index contributed by atoms with van der Waals surface area (Å²) in [4.78, 5) is 25.1. The molecule has 0 aliphatic carbocycles. The van der Waals surface area contributed by atoms with E-state index in [0.29, 0.717) is 29.3 Å². The number of hydrogen-bond donors (Lipinski definition) is 3. The summed E-state index contributed by atoms with van der Waals surface area (Å²) in [5.41, 5.74) is 3.82. The van der Waals surface area contributed by atoms with Crippen LogP contribution in [0, 0.1) is 0 Å². The lowest BCUT2D eigenvalue weighted by molar-refractivity contribution is -0.115. The van der Waals surface area contributed by atoms with E-state index in [1.807, 2.05) is 54.6 Å². The van der Waals surface area contributed by atoms with E-state index in [2.05, 4.69) is 28.1 Å². The summed E-state index contributed by atoms with van der Waals surface area (Å²) in [6.07, 6.45) is 1.05. The summed E-state index contributed by atoms with van der Waals surface area (Å²) in [6, 6.07) is 33.7. The lowest BCUT2D eigenvalue weighted by Gasteiger charge is -2.12. The largest absolute Gasteiger partial charge is 0.493 e. The van der Waals surface area contributed by atoms with Gasteiger partial charge in [0.15, 0.2) is 5.11 Å².